The minimum atomic E-state index is -4.08. The summed E-state index contributed by atoms with van der Waals surface area (Å²) in [5, 5.41) is 18.8. The molecule has 2 atom stereocenters. The minimum absolute atomic E-state index is 0.0674. The summed E-state index contributed by atoms with van der Waals surface area (Å²) in [6, 6.07) is 9.14. The van der Waals surface area contributed by atoms with E-state index in [1.165, 1.54) is 28.6 Å². The molecule has 0 radical (unpaired) electrons. The number of hydrogen-bond acceptors (Lipinski definition) is 9. The largest absolute Gasteiger partial charge is 0.491 e. The average molecular weight is 611 g/mol. The number of piperidine rings is 1. The van der Waals surface area contributed by atoms with Crippen LogP contribution in [-0.2, 0) is 24.8 Å². The number of hydrogen-bond donors (Lipinski definition) is 4. The van der Waals surface area contributed by atoms with E-state index < -0.39 is 43.0 Å². The van der Waals surface area contributed by atoms with Crippen molar-refractivity contribution < 1.29 is 35.8 Å². The molecule has 2 aromatic carbocycles. The summed E-state index contributed by atoms with van der Waals surface area (Å²) in [5.41, 5.74) is -0.982. The zero-order valence-electron chi connectivity index (χ0n) is 22.0. The van der Waals surface area contributed by atoms with Gasteiger partial charge in [0.15, 0.2) is 0 Å². The van der Waals surface area contributed by atoms with E-state index in [1.54, 1.807) is 6.07 Å². The van der Waals surface area contributed by atoms with Crippen molar-refractivity contribution in [2.24, 2.45) is 5.14 Å². The van der Waals surface area contributed by atoms with Crippen molar-refractivity contribution in [3.05, 3.63) is 64.7 Å². The number of benzene rings is 2. The van der Waals surface area contributed by atoms with Gasteiger partial charge in [-0.1, -0.05) is 6.07 Å². The third-order valence-electron chi connectivity index (χ3n) is 7.49. The Bertz CT molecular complexity index is 1710. The van der Waals surface area contributed by atoms with Gasteiger partial charge in [-0.2, -0.15) is 4.31 Å². The van der Waals surface area contributed by atoms with E-state index >= 15 is 0 Å². The maximum atomic E-state index is 13.5. The molecule has 41 heavy (non-hydrogen) atoms. The second kappa shape index (κ2) is 11.4. The monoisotopic (exact) mass is 610 g/mol. The predicted octanol–water partition coefficient (Wildman–Crippen LogP) is 0.656. The van der Waals surface area contributed by atoms with Gasteiger partial charge in [-0.15, -0.1) is 0 Å². The van der Waals surface area contributed by atoms with E-state index in [2.05, 4.69) is 10.3 Å². The van der Waals surface area contributed by atoms with Gasteiger partial charge in [0.1, 0.15) is 29.2 Å². The number of nitrogens with two attached hydrogens (primary N) is 1. The summed E-state index contributed by atoms with van der Waals surface area (Å²) >= 11 is 0. The Morgan fingerprint density at radius 1 is 1.20 bits per heavy atom. The third kappa shape index (κ3) is 6.45. The molecule has 222 valence electrons. The predicted molar refractivity (Wildman–Crippen MR) is 147 cm³/mol. The van der Waals surface area contributed by atoms with Crippen molar-refractivity contribution >= 4 is 30.9 Å². The second-order valence-electron chi connectivity index (χ2n) is 10.4. The first-order valence-electron chi connectivity index (χ1n) is 13.0. The molecule has 0 bridgehead atoms. The zero-order valence-corrected chi connectivity index (χ0v) is 23.6. The number of rotatable bonds is 9. The van der Waals surface area contributed by atoms with Crippen molar-refractivity contribution in [2.45, 2.75) is 46.8 Å². The number of ether oxygens (including phenoxy) is 2. The number of aliphatic hydroxyl groups is 1. The molecule has 2 fully saturated rings. The second-order valence-corrected chi connectivity index (χ2v) is 13.8. The summed E-state index contributed by atoms with van der Waals surface area (Å²) < 4.78 is 75.9. The Hall–Kier alpha value is -2.92. The van der Waals surface area contributed by atoms with Gasteiger partial charge in [0.05, 0.1) is 22.6 Å². The van der Waals surface area contributed by atoms with Gasteiger partial charge in [0.25, 0.3) is 0 Å². The number of fused-ring (bicyclic) bond motifs is 1. The lowest BCUT2D eigenvalue weighted by atomic mass is 9.88. The van der Waals surface area contributed by atoms with Gasteiger partial charge >= 0.3 is 0 Å². The molecule has 2 saturated heterocycles. The van der Waals surface area contributed by atoms with Crippen molar-refractivity contribution in [1.29, 1.82) is 0 Å². The van der Waals surface area contributed by atoms with E-state index in [-0.39, 0.29) is 58.7 Å². The highest BCUT2D eigenvalue weighted by molar-refractivity contribution is 7.89. The quantitative estimate of drug-likeness (QED) is 0.271. The van der Waals surface area contributed by atoms with Crippen LogP contribution in [0.2, 0.25) is 0 Å². The van der Waals surface area contributed by atoms with Crippen molar-refractivity contribution in [2.75, 3.05) is 32.8 Å². The number of aliphatic hydroxyl groups excluding tert-OH is 1. The Morgan fingerprint density at radius 2 is 1.95 bits per heavy atom. The minimum Gasteiger partial charge on any atom is -0.491 e. The maximum Gasteiger partial charge on any atom is 0.248 e. The van der Waals surface area contributed by atoms with Crippen LogP contribution < -0.4 is 20.6 Å². The summed E-state index contributed by atoms with van der Waals surface area (Å²) in [5.74, 6) is -0.273. The molecule has 1 spiro atoms. The first kappa shape index (κ1) is 29.6. The smallest absolute Gasteiger partial charge is 0.248 e. The van der Waals surface area contributed by atoms with E-state index in [0.717, 1.165) is 18.3 Å². The number of sulfonamides is 2. The molecular formula is C26H31FN4O8S2. The highest BCUT2D eigenvalue weighted by Gasteiger charge is 2.45. The first-order chi connectivity index (χ1) is 19.4. The topological polar surface area (TPSA) is 181 Å². The van der Waals surface area contributed by atoms with Gasteiger partial charge in [-0.3, -0.25) is 4.79 Å². The third-order valence-corrected chi connectivity index (χ3v) is 10.3. The van der Waals surface area contributed by atoms with Crippen LogP contribution in [0.15, 0.2) is 63.2 Å². The number of halogens is 1. The average Bonchev–Trinajstić information content (AvgIpc) is 3.32. The molecule has 12 nitrogen and oxygen atoms in total. The fourth-order valence-electron chi connectivity index (χ4n) is 5.26. The van der Waals surface area contributed by atoms with Crippen molar-refractivity contribution in [1.82, 2.24) is 14.6 Å². The van der Waals surface area contributed by atoms with Crippen LogP contribution in [0.1, 0.15) is 19.3 Å². The van der Waals surface area contributed by atoms with Gasteiger partial charge in [-0.25, -0.2) is 26.4 Å². The number of nitrogens with one attached hydrogen (secondary N) is 2. The molecule has 0 unspecified atom stereocenters. The van der Waals surface area contributed by atoms with E-state index in [1.807, 2.05) is 0 Å². The van der Waals surface area contributed by atoms with Gasteiger partial charge in [0, 0.05) is 43.3 Å². The van der Waals surface area contributed by atoms with E-state index in [4.69, 9.17) is 14.6 Å². The molecule has 3 heterocycles. The standard InChI is InChI=1S/C26H31FN4O8S2/c27-17-4-5-22-23(10-17)30-14-24(25(22)33)41(36,37)31-8-6-26(7-9-31)12-18(15-39-26)29-13-19(32)16-38-20-2-1-3-21(11-20)40(28,34)35/h1-5,10-11,14,18-19,29,32H,6-9,12-13,15-16H2,(H,30,33)(H2,28,34,35)/t18-,19+/m1/s1. The van der Waals surface area contributed by atoms with Crippen LogP contribution in [0.25, 0.3) is 10.9 Å². The summed E-state index contributed by atoms with van der Waals surface area (Å²) in [6.45, 7) is 0.856. The number of aromatic amines is 1. The highest BCUT2D eigenvalue weighted by Crippen LogP contribution is 2.37. The molecule has 3 aromatic rings. The van der Waals surface area contributed by atoms with Crippen molar-refractivity contribution in [3.8, 4) is 5.75 Å². The van der Waals surface area contributed by atoms with Gasteiger partial charge in [0.2, 0.25) is 25.5 Å². The van der Waals surface area contributed by atoms with E-state index in [0.29, 0.717) is 25.9 Å². The van der Waals surface area contributed by atoms with Crippen LogP contribution in [0.5, 0.6) is 5.75 Å². The Balaban J connectivity index is 1.12. The lowest BCUT2D eigenvalue weighted by molar-refractivity contribution is -0.0312. The maximum absolute atomic E-state index is 13.5. The zero-order chi connectivity index (χ0) is 29.4. The number of primary sulfonamides is 1. The SMILES string of the molecule is NS(=O)(=O)c1cccc(OC[C@@H](O)CN[C@H]2COC3(CCN(S(=O)(=O)c4c[nH]c5cc(F)ccc5c4=O)CC3)C2)c1. The van der Waals surface area contributed by atoms with Gasteiger partial charge in [-0.05, 0) is 49.6 Å². The molecule has 0 amide bonds. The first-order valence-corrected chi connectivity index (χ1v) is 16.0. The summed E-state index contributed by atoms with van der Waals surface area (Å²) in [4.78, 5) is 15.1. The van der Waals surface area contributed by atoms with Gasteiger partial charge < -0.3 is 24.9 Å². The number of aromatic nitrogens is 1. The Labute approximate surface area is 236 Å². The molecule has 5 rings (SSSR count). The highest BCUT2D eigenvalue weighted by atomic mass is 32.2. The molecule has 0 saturated carbocycles. The summed E-state index contributed by atoms with van der Waals surface area (Å²) in [6.07, 6.45) is 1.72. The Kier molecular flexibility index (Phi) is 8.22. The van der Waals surface area contributed by atoms with Crippen LogP contribution in [-0.4, -0.2) is 81.8 Å². The molecule has 2 aliphatic rings. The fraction of sp³-hybridized carbons (Fsp3) is 0.423. The number of nitrogens with zero attached hydrogens (tertiary/aromatic N) is 1. The summed E-state index contributed by atoms with van der Waals surface area (Å²) in [7, 11) is -7.95. The number of pyridine rings is 1. The normalized spacial score (nSPS) is 20.4. The Morgan fingerprint density at radius 3 is 2.68 bits per heavy atom. The molecular weight excluding hydrogens is 579 g/mol. The lowest BCUT2D eigenvalue weighted by Gasteiger charge is -2.37. The molecule has 5 N–H and O–H groups in total. The lowest BCUT2D eigenvalue weighted by Crippen LogP contribution is -2.47. The molecule has 1 aromatic heterocycles. The van der Waals surface area contributed by atoms with Crippen LogP contribution in [0.4, 0.5) is 4.39 Å². The molecule has 0 aliphatic carbocycles. The fourth-order valence-corrected chi connectivity index (χ4v) is 7.30. The molecule has 2 aliphatic heterocycles. The molecule has 15 heteroatoms. The van der Waals surface area contributed by atoms with Crippen LogP contribution >= 0.6 is 0 Å². The van der Waals surface area contributed by atoms with Crippen molar-refractivity contribution in [3.63, 3.8) is 0 Å². The van der Waals surface area contributed by atoms with Crippen LogP contribution in [0, 0.1) is 5.82 Å². The number of H-pyrrole nitrogens is 1. The van der Waals surface area contributed by atoms with Crippen LogP contribution in [0.3, 0.4) is 0 Å². The van der Waals surface area contributed by atoms with E-state index in [9.17, 15) is 31.1 Å².